The zero-order chi connectivity index (χ0) is 12.3. The third-order valence-corrected chi connectivity index (χ3v) is 2.82. The van der Waals surface area contributed by atoms with Gasteiger partial charge in [0.05, 0.1) is 5.82 Å². The molecule has 1 N–H and O–H groups in total. The number of anilines is 1. The molecule has 0 fully saturated rings. The highest BCUT2D eigenvalue weighted by molar-refractivity contribution is 5.61. The second-order valence-electron chi connectivity index (χ2n) is 3.90. The van der Waals surface area contributed by atoms with Crippen molar-refractivity contribution in [1.82, 2.24) is 5.32 Å². The fourth-order valence-corrected chi connectivity index (χ4v) is 1.97. The third-order valence-electron chi connectivity index (χ3n) is 2.82. The number of fused-ring (bicyclic) bond motifs is 1. The number of hydrogen-bond donors (Lipinski definition) is 1. The average molecular weight is 233 g/mol. The van der Waals surface area contributed by atoms with Crippen LogP contribution in [-0.4, -0.2) is 19.4 Å². The van der Waals surface area contributed by atoms with Gasteiger partial charge in [-0.1, -0.05) is 6.58 Å². The molecule has 0 spiro atoms. The second kappa shape index (κ2) is 4.99. The van der Waals surface area contributed by atoms with Gasteiger partial charge in [0.25, 0.3) is 0 Å². The van der Waals surface area contributed by atoms with Gasteiger partial charge in [-0.15, -0.1) is 0 Å². The summed E-state index contributed by atoms with van der Waals surface area (Å²) < 4.78 is 13.1. The largest absolute Gasteiger partial charge is 0.353 e. The maximum absolute atomic E-state index is 13.1. The van der Waals surface area contributed by atoms with E-state index < -0.39 is 0 Å². The molecule has 2 rings (SSSR count). The van der Waals surface area contributed by atoms with Crippen LogP contribution in [0.4, 0.5) is 10.1 Å². The van der Waals surface area contributed by atoms with Crippen molar-refractivity contribution >= 4 is 11.9 Å². The number of rotatable bonds is 4. The van der Waals surface area contributed by atoms with Gasteiger partial charge in [0.2, 0.25) is 0 Å². The molecule has 0 bridgehead atoms. The molecule has 0 atom stereocenters. The molecule has 3 nitrogen and oxygen atoms in total. The molecule has 0 aliphatic carbocycles. The Morgan fingerprint density at radius 3 is 3.24 bits per heavy atom. The number of nitrogens with zero attached hydrogens (tertiary/aromatic N) is 2. The first-order valence-corrected chi connectivity index (χ1v) is 5.65. The minimum atomic E-state index is -0.181. The summed E-state index contributed by atoms with van der Waals surface area (Å²) >= 11 is 0. The first-order chi connectivity index (χ1) is 8.22. The van der Waals surface area contributed by atoms with Crippen molar-refractivity contribution < 1.29 is 4.39 Å². The first kappa shape index (κ1) is 11.6. The van der Waals surface area contributed by atoms with Crippen molar-refractivity contribution in [1.29, 1.82) is 0 Å². The molecule has 1 aliphatic heterocycles. The van der Waals surface area contributed by atoms with Crippen molar-refractivity contribution in [3.63, 3.8) is 0 Å². The van der Waals surface area contributed by atoms with Crippen LogP contribution in [0.1, 0.15) is 12.5 Å². The highest BCUT2D eigenvalue weighted by atomic mass is 19.1. The van der Waals surface area contributed by atoms with Crippen LogP contribution in [0.2, 0.25) is 0 Å². The van der Waals surface area contributed by atoms with E-state index in [0.717, 1.165) is 30.0 Å². The normalized spacial score (nSPS) is 14.1. The predicted octanol–water partition coefficient (Wildman–Crippen LogP) is 2.30. The lowest BCUT2D eigenvalue weighted by Crippen LogP contribution is -2.29. The fourth-order valence-electron chi connectivity index (χ4n) is 1.97. The Labute approximate surface area is 101 Å². The number of halogens is 1. The van der Waals surface area contributed by atoms with Crippen molar-refractivity contribution in [2.45, 2.75) is 13.3 Å². The lowest BCUT2D eigenvalue weighted by Gasteiger charge is -2.22. The first-order valence-electron chi connectivity index (χ1n) is 5.65. The quantitative estimate of drug-likeness (QED) is 0.808. The maximum atomic E-state index is 13.1. The molecule has 1 aliphatic rings. The maximum Gasteiger partial charge on any atom is 0.123 e. The van der Waals surface area contributed by atoms with Crippen LogP contribution in [0, 0.1) is 5.82 Å². The van der Waals surface area contributed by atoms with Crippen LogP contribution >= 0.6 is 0 Å². The van der Waals surface area contributed by atoms with Gasteiger partial charge in [0.1, 0.15) is 12.5 Å². The van der Waals surface area contributed by atoms with Crippen LogP contribution < -0.4 is 10.2 Å². The molecule has 1 aromatic rings. The Morgan fingerprint density at radius 2 is 2.47 bits per heavy atom. The zero-order valence-electron chi connectivity index (χ0n) is 9.91. The number of hydrogen-bond acceptors (Lipinski definition) is 3. The summed E-state index contributed by atoms with van der Waals surface area (Å²) in [6.07, 6.45) is 2.60. The topological polar surface area (TPSA) is 27.6 Å². The van der Waals surface area contributed by atoms with Gasteiger partial charge in [-0.2, -0.15) is 0 Å². The van der Waals surface area contributed by atoms with Crippen LogP contribution in [0.15, 0.2) is 35.6 Å². The monoisotopic (exact) mass is 233 g/mol. The molecular formula is C13H16FN3. The third kappa shape index (κ3) is 2.46. The Kier molecular flexibility index (Phi) is 3.42. The van der Waals surface area contributed by atoms with Gasteiger partial charge in [0.15, 0.2) is 0 Å². The van der Waals surface area contributed by atoms with Crippen LogP contribution in [0.3, 0.4) is 0 Å². The Hall–Kier alpha value is -1.84. The van der Waals surface area contributed by atoms with E-state index in [-0.39, 0.29) is 5.82 Å². The fraction of sp³-hybridized carbons (Fsp3) is 0.308. The van der Waals surface area contributed by atoms with Gasteiger partial charge in [-0.3, -0.25) is 4.99 Å². The average Bonchev–Trinajstić information content (AvgIpc) is 2.72. The van der Waals surface area contributed by atoms with Gasteiger partial charge in [-0.05, 0) is 43.3 Å². The van der Waals surface area contributed by atoms with Gasteiger partial charge < -0.3 is 10.2 Å². The highest BCUT2D eigenvalue weighted by Crippen LogP contribution is 2.30. The molecule has 0 amide bonds. The summed E-state index contributed by atoms with van der Waals surface area (Å²) in [7, 11) is 0. The predicted molar refractivity (Wildman–Crippen MR) is 68.8 cm³/mol. The van der Waals surface area contributed by atoms with E-state index >= 15 is 0 Å². The minimum absolute atomic E-state index is 0.181. The lowest BCUT2D eigenvalue weighted by atomic mass is 10.2. The zero-order valence-corrected chi connectivity index (χ0v) is 9.91. The summed E-state index contributed by atoms with van der Waals surface area (Å²) in [6.45, 7) is 7.20. The number of benzene rings is 1. The molecule has 0 unspecified atom stereocenters. The molecule has 0 aromatic heterocycles. The van der Waals surface area contributed by atoms with Crippen LogP contribution in [0.25, 0.3) is 0 Å². The van der Waals surface area contributed by atoms with E-state index in [4.69, 9.17) is 0 Å². The lowest BCUT2D eigenvalue weighted by molar-refractivity contribution is 0.626. The molecule has 17 heavy (non-hydrogen) atoms. The summed E-state index contributed by atoms with van der Waals surface area (Å²) in [5, 5.41) is 3.12. The van der Waals surface area contributed by atoms with E-state index in [9.17, 15) is 4.39 Å². The number of nitrogens with one attached hydrogen (secondary N) is 1. The van der Waals surface area contributed by atoms with Crippen molar-refractivity contribution in [2.75, 3.05) is 18.1 Å². The van der Waals surface area contributed by atoms with E-state index in [1.165, 1.54) is 6.07 Å². The molecule has 90 valence electrons. The van der Waals surface area contributed by atoms with Crippen molar-refractivity contribution in [3.05, 3.63) is 42.0 Å². The van der Waals surface area contributed by atoms with Gasteiger partial charge in [-0.25, -0.2) is 4.39 Å². The van der Waals surface area contributed by atoms with Crippen molar-refractivity contribution in [3.8, 4) is 0 Å². The van der Waals surface area contributed by atoms with E-state index in [2.05, 4.69) is 21.8 Å². The summed E-state index contributed by atoms with van der Waals surface area (Å²) in [5.41, 5.74) is 2.07. The summed E-state index contributed by atoms with van der Waals surface area (Å²) in [6, 6.07) is 4.87. The van der Waals surface area contributed by atoms with E-state index in [0.29, 0.717) is 6.67 Å². The molecular weight excluding hydrogens is 217 g/mol. The highest BCUT2D eigenvalue weighted by Gasteiger charge is 2.21. The SMILES string of the molecule is C=C(NC/N=C/C)N1CCc2cc(F)ccc21. The van der Waals surface area contributed by atoms with Crippen LogP contribution in [0.5, 0.6) is 0 Å². The Morgan fingerprint density at radius 1 is 1.65 bits per heavy atom. The summed E-state index contributed by atoms with van der Waals surface area (Å²) in [5.74, 6) is 0.626. The van der Waals surface area contributed by atoms with Crippen molar-refractivity contribution in [2.24, 2.45) is 4.99 Å². The minimum Gasteiger partial charge on any atom is -0.353 e. The number of aliphatic imine (C=N–C) groups is 1. The molecule has 1 aromatic carbocycles. The smallest absolute Gasteiger partial charge is 0.123 e. The van der Waals surface area contributed by atoms with Gasteiger partial charge >= 0.3 is 0 Å². The standard InChI is InChI=1S/C13H16FN3/c1-3-15-9-16-10(2)17-7-6-11-8-12(14)4-5-13(11)17/h3-5,8,16H,2,6-7,9H2,1H3/b15-3+. The van der Waals surface area contributed by atoms with Crippen LogP contribution in [-0.2, 0) is 6.42 Å². The molecule has 4 heteroatoms. The molecule has 1 heterocycles. The van der Waals surface area contributed by atoms with Gasteiger partial charge in [0, 0.05) is 12.2 Å². The Bertz CT molecular complexity index is 454. The van der Waals surface area contributed by atoms with E-state index in [1.807, 2.05) is 6.92 Å². The molecule has 0 saturated heterocycles. The molecule has 0 radical (unpaired) electrons. The van der Waals surface area contributed by atoms with E-state index in [1.54, 1.807) is 18.3 Å². The second-order valence-corrected chi connectivity index (χ2v) is 3.90. The Balaban J connectivity index is 2.08. The summed E-state index contributed by atoms with van der Waals surface area (Å²) in [4.78, 5) is 6.13. The molecule has 0 saturated carbocycles.